The summed E-state index contributed by atoms with van der Waals surface area (Å²) >= 11 is 5.88. The first-order valence-corrected chi connectivity index (χ1v) is 6.26. The van der Waals surface area contributed by atoms with Gasteiger partial charge in [0.2, 0.25) is 5.91 Å². The molecule has 2 N–H and O–H groups in total. The summed E-state index contributed by atoms with van der Waals surface area (Å²) in [6.45, 7) is 1.70. The molecule has 0 atom stereocenters. The Bertz CT molecular complexity index is 523. The number of methoxy groups -OCH3 is 1. The Hall–Kier alpha value is -1.66. The lowest BCUT2D eigenvalue weighted by Crippen LogP contribution is -2.40. The molecule has 1 aromatic carbocycles. The van der Waals surface area contributed by atoms with Crippen molar-refractivity contribution in [1.29, 1.82) is 0 Å². The second kappa shape index (κ2) is 7.21. The molecule has 0 aliphatic carbocycles. The molecule has 5 nitrogen and oxygen atoms in total. The van der Waals surface area contributed by atoms with Gasteiger partial charge in [-0.25, -0.2) is 4.39 Å². The summed E-state index contributed by atoms with van der Waals surface area (Å²) in [5.41, 5.74) is 5.53. The molecule has 20 heavy (non-hydrogen) atoms. The van der Waals surface area contributed by atoms with Crippen LogP contribution in [0, 0.1) is 12.7 Å². The van der Waals surface area contributed by atoms with E-state index >= 15 is 0 Å². The predicted molar refractivity (Wildman–Crippen MR) is 73.1 cm³/mol. The first-order chi connectivity index (χ1) is 9.36. The molecule has 0 fully saturated rings. The number of rotatable bonds is 6. The van der Waals surface area contributed by atoms with Gasteiger partial charge in [0.1, 0.15) is 5.82 Å². The third kappa shape index (κ3) is 4.18. The van der Waals surface area contributed by atoms with Gasteiger partial charge in [-0.3, -0.25) is 9.59 Å². The van der Waals surface area contributed by atoms with Gasteiger partial charge < -0.3 is 15.4 Å². The van der Waals surface area contributed by atoms with E-state index in [2.05, 4.69) is 0 Å². The van der Waals surface area contributed by atoms with Crippen molar-refractivity contribution in [2.45, 2.75) is 6.92 Å². The molecule has 110 valence electrons. The topological polar surface area (TPSA) is 72.6 Å². The Labute approximate surface area is 121 Å². The second-order valence-electron chi connectivity index (χ2n) is 4.27. The Morgan fingerprint density at radius 3 is 2.65 bits per heavy atom. The van der Waals surface area contributed by atoms with E-state index < -0.39 is 17.6 Å². The van der Waals surface area contributed by atoms with Crippen LogP contribution in [0.1, 0.15) is 15.9 Å². The quantitative estimate of drug-likeness (QED) is 0.862. The minimum Gasteiger partial charge on any atom is -0.383 e. The lowest BCUT2D eigenvalue weighted by atomic mass is 10.1. The van der Waals surface area contributed by atoms with Gasteiger partial charge in [0.15, 0.2) is 0 Å². The highest BCUT2D eigenvalue weighted by molar-refractivity contribution is 6.33. The third-order valence-corrected chi connectivity index (χ3v) is 2.99. The van der Waals surface area contributed by atoms with Crippen LogP contribution < -0.4 is 5.73 Å². The van der Waals surface area contributed by atoms with Crippen molar-refractivity contribution in [2.75, 3.05) is 26.8 Å². The summed E-state index contributed by atoms with van der Waals surface area (Å²) in [5.74, 6) is -1.64. The third-order valence-electron chi connectivity index (χ3n) is 2.68. The van der Waals surface area contributed by atoms with Crippen molar-refractivity contribution in [2.24, 2.45) is 5.73 Å². The van der Waals surface area contributed by atoms with Crippen LogP contribution in [0.3, 0.4) is 0 Å². The standard InChI is InChI=1S/C13H16ClFN2O3/c1-8-5-9(10(14)6-11(8)15)13(19)17(3-4-20-2)7-12(16)18/h5-6H,3-4,7H2,1-2H3,(H2,16,18). The van der Waals surface area contributed by atoms with Gasteiger partial charge in [0.05, 0.1) is 23.7 Å². The van der Waals surface area contributed by atoms with Crippen LogP contribution in [0.25, 0.3) is 0 Å². The summed E-state index contributed by atoms with van der Waals surface area (Å²) in [5, 5.41) is -0.00927. The summed E-state index contributed by atoms with van der Waals surface area (Å²) in [6.07, 6.45) is 0. The average molecular weight is 303 g/mol. The van der Waals surface area contributed by atoms with E-state index in [1.54, 1.807) is 0 Å². The number of hydrogen-bond donors (Lipinski definition) is 1. The number of primary amides is 1. The number of hydrogen-bond acceptors (Lipinski definition) is 3. The van der Waals surface area contributed by atoms with Crippen molar-refractivity contribution in [3.05, 3.63) is 34.1 Å². The lowest BCUT2D eigenvalue weighted by Gasteiger charge is -2.21. The molecule has 7 heteroatoms. The average Bonchev–Trinajstić information content (AvgIpc) is 2.37. The van der Waals surface area contributed by atoms with E-state index in [-0.39, 0.29) is 30.3 Å². The highest BCUT2D eigenvalue weighted by Gasteiger charge is 2.21. The molecular weight excluding hydrogens is 287 g/mol. The lowest BCUT2D eigenvalue weighted by molar-refractivity contribution is -0.118. The van der Waals surface area contributed by atoms with Crippen molar-refractivity contribution < 1.29 is 18.7 Å². The Morgan fingerprint density at radius 1 is 1.45 bits per heavy atom. The molecule has 0 aromatic heterocycles. The van der Waals surface area contributed by atoms with Crippen LogP contribution in [0.4, 0.5) is 4.39 Å². The maximum Gasteiger partial charge on any atom is 0.255 e. The molecule has 0 saturated carbocycles. The Morgan fingerprint density at radius 2 is 2.10 bits per heavy atom. The molecule has 1 aromatic rings. The zero-order chi connectivity index (χ0) is 15.3. The maximum atomic E-state index is 13.3. The molecule has 0 aliphatic heterocycles. The normalized spacial score (nSPS) is 10.4. The van der Waals surface area contributed by atoms with E-state index in [4.69, 9.17) is 22.1 Å². The molecule has 0 spiro atoms. The molecule has 0 bridgehead atoms. The van der Waals surface area contributed by atoms with Crippen molar-refractivity contribution >= 4 is 23.4 Å². The van der Waals surface area contributed by atoms with Crippen molar-refractivity contribution in [3.63, 3.8) is 0 Å². The summed E-state index contributed by atoms with van der Waals surface area (Å²) in [4.78, 5) is 24.5. The van der Waals surface area contributed by atoms with Crippen LogP contribution in [0.5, 0.6) is 0 Å². The zero-order valence-corrected chi connectivity index (χ0v) is 12.0. The number of nitrogens with zero attached hydrogens (tertiary/aromatic N) is 1. The number of amides is 2. The fourth-order valence-electron chi connectivity index (χ4n) is 1.63. The van der Waals surface area contributed by atoms with Crippen LogP contribution in [-0.4, -0.2) is 43.5 Å². The number of nitrogens with two attached hydrogens (primary N) is 1. The van der Waals surface area contributed by atoms with Gasteiger partial charge in [-0.15, -0.1) is 0 Å². The molecule has 1 rings (SSSR count). The molecule has 2 amide bonds. The highest BCUT2D eigenvalue weighted by Crippen LogP contribution is 2.22. The van der Waals surface area contributed by atoms with E-state index in [9.17, 15) is 14.0 Å². The van der Waals surface area contributed by atoms with Crippen LogP contribution >= 0.6 is 11.6 Å². The smallest absolute Gasteiger partial charge is 0.255 e. The number of ether oxygens (including phenoxy) is 1. The van der Waals surface area contributed by atoms with Crippen molar-refractivity contribution in [1.82, 2.24) is 4.90 Å². The van der Waals surface area contributed by atoms with E-state index in [0.717, 1.165) is 6.07 Å². The Kier molecular flexibility index (Phi) is 5.91. The largest absolute Gasteiger partial charge is 0.383 e. The van der Waals surface area contributed by atoms with E-state index in [1.165, 1.54) is 25.0 Å². The number of halogens is 2. The van der Waals surface area contributed by atoms with Crippen molar-refractivity contribution in [3.8, 4) is 0 Å². The second-order valence-corrected chi connectivity index (χ2v) is 4.67. The highest BCUT2D eigenvalue weighted by atomic mass is 35.5. The monoisotopic (exact) mass is 302 g/mol. The van der Waals surface area contributed by atoms with Gasteiger partial charge >= 0.3 is 0 Å². The van der Waals surface area contributed by atoms with Crippen LogP contribution in [0.2, 0.25) is 5.02 Å². The van der Waals surface area contributed by atoms with Gasteiger partial charge in [-0.1, -0.05) is 11.6 Å². The molecule has 0 heterocycles. The SMILES string of the molecule is COCCN(CC(N)=O)C(=O)c1cc(C)c(F)cc1Cl. The first kappa shape index (κ1) is 16.4. The van der Waals surface area contributed by atoms with Crippen LogP contribution in [-0.2, 0) is 9.53 Å². The predicted octanol–water partition coefficient (Wildman–Crippen LogP) is 1.36. The number of aryl methyl sites for hydroxylation is 1. The Balaban J connectivity index is 3.04. The molecule has 0 aliphatic rings. The van der Waals surface area contributed by atoms with Gasteiger partial charge in [-0.2, -0.15) is 0 Å². The minimum absolute atomic E-state index is 0.00927. The molecule has 0 radical (unpaired) electrons. The van der Waals surface area contributed by atoms with Crippen LogP contribution in [0.15, 0.2) is 12.1 Å². The fourth-order valence-corrected chi connectivity index (χ4v) is 1.86. The summed E-state index contributed by atoms with van der Waals surface area (Å²) in [6, 6.07) is 2.42. The minimum atomic E-state index is -0.649. The van der Waals surface area contributed by atoms with Gasteiger partial charge in [-0.05, 0) is 24.6 Å². The molecule has 0 unspecified atom stereocenters. The van der Waals surface area contributed by atoms with E-state index in [0.29, 0.717) is 5.56 Å². The number of benzene rings is 1. The number of carbonyl (C=O) groups is 2. The maximum absolute atomic E-state index is 13.3. The van der Waals surface area contributed by atoms with Gasteiger partial charge in [0, 0.05) is 13.7 Å². The zero-order valence-electron chi connectivity index (χ0n) is 11.3. The fraction of sp³-hybridized carbons (Fsp3) is 0.385. The summed E-state index contributed by atoms with van der Waals surface area (Å²) < 4.78 is 18.2. The summed E-state index contributed by atoms with van der Waals surface area (Å²) in [7, 11) is 1.47. The first-order valence-electron chi connectivity index (χ1n) is 5.89. The van der Waals surface area contributed by atoms with E-state index in [1.807, 2.05) is 0 Å². The van der Waals surface area contributed by atoms with Gasteiger partial charge in [0.25, 0.3) is 5.91 Å². The molecule has 0 saturated heterocycles. The molecular formula is C13H16ClFN2O3. The number of carbonyl (C=O) groups excluding carboxylic acids is 2.